The van der Waals surface area contributed by atoms with E-state index in [9.17, 15) is 4.79 Å². The van der Waals surface area contributed by atoms with E-state index in [0.717, 1.165) is 51.9 Å². The SMILES string of the molecule is CCCN(CCC)C(=O)[C@H]1CCCNC1. The largest absolute Gasteiger partial charge is 0.342 e. The zero-order valence-corrected chi connectivity index (χ0v) is 10.1. The maximum atomic E-state index is 12.2. The van der Waals surface area contributed by atoms with Crippen LogP contribution in [0.2, 0.25) is 0 Å². The minimum absolute atomic E-state index is 0.233. The molecule has 1 N–H and O–H groups in total. The predicted molar refractivity (Wildman–Crippen MR) is 62.8 cm³/mol. The maximum Gasteiger partial charge on any atom is 0.226 e. The van der Waals surface area contributed by atoms with Crippen LogP contribution in [0.15, 0.2) is 0 Å². The van der Waals surface area contributed by atoms with E-state index in [1.807, 2.05) is 4.90 Å². The first-order chi connectivity index (χ1) is 7.29. The lowest BCUT2D eigenvalue weighted by Gasteiger charge is -2.29. The predicted octanol–water partition coefficient (Wildman–Crippen LogP) is 1.63. The Labute approximate surface area is 93.2 Å². The molecule has 0 radical (unpaired) electrons. The quantitative estimate of drug-likeness (QED) is 0.751. The molecule has 0 unspecified atom stereocenters. The van der Waals surface area contributed by atoms with Gasteiger partial charge in [0, 0.05) is 19.6 Å². The molecule has 1 heterocycles. The van der Waals surface area contributed by atoms with Crippen molar-refractivity contribution in [3.05, 3.63) is 0 Å². The molecule has 0 saturated carbocycles. The highest BCUT2D eigenvalue weighted by Crippen LogP contribution is 2.13. The van der Waals surface area contributed by atoms with Gasteiger partial charge in [0.1, 0.15) is 0 Å². The van der Waals surface area contributed by atoms with E-state index in [4.69, 9.17) is 0 Å². The summed E-state index contributed by atoms with van der Waals surface area (Å²) in [4.78, 5) is 14.2. The normalized spacial score (nSPS) is 21.3. The van der Waals surface area contributed by atoms with Gasteiger partial charge in [-0.1, -0.05) is 13.8 Å². The van der Waals surface area contributed by atoms with Crippen molar-refractivity contribution in [1.82, 2.24) is 10.2 Å². The summed E-state index contributed by atoms with van der Waals surface area (Å²) in [5.74, 6) is 0.600. The Kier molecular flexibility index (Phi) is 5.69. The maximum absolute atomic E-state index is 12.2. The molecule has 88 valence electrons. The average molecular weight is 212 g/mol. The summed E-state index contributed by atoms with van der Waals surface area (Å²) in [5, 5.41) is 3.31. The summed E-state index contributed by atoms with van der Waals surface area (Å²) in [7, 11) is 0. The Morgan fingerprint density at radius 3 is 2.47 bits per heavy atom. The first-order valence-corrected chi connectivity index (χ1v) is 6.29. The van der Waals surface area contributed by atoms with Crippen LogP contribution in [-0.4, -0.2) is 37.0 Å². The van der Waals surface area contributed by atoms with Crippen LogP contribution in [0.1, 0.15) is 39.5 Å². The van der Waals surface area contributed by atoms with Crippen molar-refractivity contribution < 1.29 is 4.79 Å². The Bertz CT molecular complexity index is 182. The van der Waals surface area contributed by atoms with Crippen molar-refractivity contribution in [2.24, 2.45) is 5.92 Å². The van der Waals surface area contributed by atoms with Crippen LogP contribution >= 0.6 is 0 Å². The van der Waals surface area contributed by atoms with Gasteiger partial charge in [-0.25, -0.2) is 0 Å². The van der Waals surface area contributed by atoms with Crippen molar-refractivity contribution in [2.75, 3.05) is 26.2 Å². The van der Waals surface area contributed by atoms with Gasteiger partial charge in [0.15, 0.2) is 0 Å². The number of rotatable bonds is 5. The van der Waals surface area contributed by atoms with Crippen LogP contribution in [0.3, 0.4) is 0 Å². The zero-order valence-electron chi connectivity index (χ0n) is 10.1. The monoisotopic (exact) mass is 212 g/mol. The fraction of sp³-hybridized carbons (Fsp3) is 0.917. The lowest BCUT2D eigenvalue weighted by Crippen LogP contribution is -2.43. The van der Waals surface area contributed by atoms with Gasteiger partial charge in [-0.3, -0.25) is 4.79 Å². The highest BCUT2D eigenvalue weighted by atomic mass is 16.2. The van der Waals surface area contributed by atoms with Crippen LogP contribution in [-0.2, 0) is 4.79 Å². The fourth-order valence-electron chi connectivity index (χ4n) is 2.19. The molecule has 3 heteroatoms. The summed E-state index contributed by atoms with van der Waals surface area (Å²) < 4.78 is 0. The van der Waals surface area contributed by atoms with Gasteiger partial charge in [-0.15, -0.1) is 0 Å². The zero-order chi connectivity index (χ0) is 11.1. The van der Waals surface area contributed by atoms with E-state index in [2.05, 4.69) is 19.2 Å². The lowest BCUT2D eigenvalue weighted by atomic mass is 9.98. The number of hydrogen-bond donors (Lipinski definition) is 1. The van der Waals surface area contributed by atoms with Gasteiger partial charge < -0.3 is 10.2 Å². The van der Waals surface area contributed by atoms with E-state index in [0.29, 0.717) is 5.91 Å². The molecule has 1 aliphatic heterocycles. The molecule has 0 aromatic carbocycles. The van der Waals surface area contributed by atoms with Gasteiger partial charge in [-0.05, 0) is 32.2 Å². The van der Waals surface area contributed by atoms with Crippen molar-refractivity contribution >= 4 is 5.91 Å². The Morgan fingerprint density at radius 2 is 2.00 bits per heavy atom. The topological polar surface area (TPSA) is 32.3 Å². The van der Waals surface area contributed by atoms with E-state index >= 15 is 0 Å². The average Bonchev–Trinajstić information content (AvgIpc) is 2.29. The fourth-order valence-corrected chi connectivity index (χ4v) is 2.19. The summed E-state index contributed by atoms with van der Waals surface area (Å²) >= 11 is 0. The summed E-state index contributed by atoms with van der Waals surface area (Å²) in [6.45, 7) is 8.06. The van der Waals surface area contributed by atoms with Gasteiger partial charge in [0.25, 0.3) is 0 Å². The van der Waals surface area contributed by atoms with Crippen molar-refractivity contribution in [1.29, 1.82) is 0 Å². The number of carbonyl (C=O) groups excluding carboxylic acids is 1. The van der Waals surface area contributed by atoms with Crippen LogP contribution in [0, 0.1) is 5.92 Å². The molecule has 1 rings (SSSR count). The molecule has 1 saturated heterocycles. The molecule has 1 atom stereocenters. The van der Waals surface area contributed by atoms with Crippen molar-refractivity contribution in [2.45, 2.75) is 39.5 Å². The summed E-state index contributed by atoms with van der Waals surface area (Å²) in [6, 6.07) is 0. The van der Waals surface area contributed by atoms with Crippen LogP contribution in [0.25, 0.3) is 0 Å². The molecule has 3 nitrogen and oxygen atoms in total. The number of carbonyl (C=O) groups is 1. The molecule has 15 heavy (non-hydrogen) atoms. The highest BCUT2D eigenvalue weighted by Gasteiger charge is 2.24. The van der Waals surface area contributed by atoms with E-state index in [-0.39, 0.29) is 5.92 Å². The van der Waals surface area contributed by atoms with E-state index in [1.54, 1.807) is 0 Å². The number of piperidine rings is 1. The third-order valence-electron chi connectivity index (χ3n) is 2.94. The molecule has 0 spiro atoms. The van der Waals surface area contributed by atoms with Crippen LogP contribution in [0.4, 0.5) is 0 Å². The Hall–Kier alpha value is -0.570. The minimum atomic E-state index is 0.233. The first kappa shape index (κ1) is 12.5. The van der Waals surface area contributed by atoms with Crippen LogP contribution < -0.4 is 5.32 Å². The Morgan fingerprint density at radius 1 is 1.33 bits per heavy atom. The number of nitrogens with zero attached hydrogens (tertiary/aromatic N) is 1. The molecular formula is C12H24N2O. The highest BCUT2D eigenvalue weighted by molar-refractivity contribution is 5.79. The number of hydrogen-bond acceptors (Lipinski definition) is 2. The second-order valence-electron chi connectivity index (χ2n) is 4.37. The smallest absolute Gasteiger partial charge is 0.226 e. The van der Waals surface area contributed by atoms with E-state index in [1.165, 1.54) is 0 Å². The summed E-state index contributed by atoms with van der Waals surface area (Å²) in [6.07, 6.45) is 4.33. The summed E-state index contributed by atoms with van der Waals surface area (Å²) in [5.41, 5.74) is 0. The molecule has 1 fully saturated rings. The Balaban J connectivity index is 2.45. The lowest BCUT2D eigenvalue weighted by molar-refractivity contribution is -0.136. The number of nitrogens with one attached hydrogen (secondary N) is 1. The molecule has 1 aliphatic rings. The third-order valence-corrected chi connectivity index (χ3v) is 2.94. The second-order valence-corrected chi connectivity index (χ2v) is 4.37. The third kappa shape index (κ3) is 3.82. The van der Waals surface area contributed by atoms with Gasteiger partial charge in [0.2, 0.25) is 5.91 Å². The molecule has 0 aromatic heterocycles. The van der Waals surface area contributed by atoms with Gasteiger partial charge >= 0.3 is 0 Å². The van der Waals surface area contributed by atoms with Crippen molar-refractivity contribution in [3.63, 3.8) is 0 Å². The molecule has 0 aliphatic carbocycles. The first-order valence-electron chi connectivity index (χ1n) is 6.29. The standard InChI is InChI=1S/C12H24N2O/c1-3-8-14(9-4-2)12(15)11-6-5-7-13-10-11/h11,13H,3-10H2,1-2H3/t11-/m0/s1. The minimum Gasteiger partial charge on any atom is -0.342 e. The van der Waals surface area contributed by atoms with Crippen LogP contribution in [0.5, 0.6) is 0 Å². The van der Waals surface area contributed by atoms with E-state index < -0.39 is 0 Å². The van der Waals surface area contributed by atoms with Crippen molar-refractivity contribution in [3.8, 4) is 0 Å². The molecule has 0 aromatic rings. The molecule has 1 amide bonds. The van der Waals surface area contributed by atoms with Gasteiger partial charge in [0.05, 0.1) is 5.92 Å². The van der Waals surface area contributed by atoms with Gasteiger partial charge in [-0.2, -0.15) is 0 Å². The second kappa shape index (κ2) is 6.83. The molecular weight excluding hydrogens is 188 g/mol. The molecule has 0 bridgehead atoms. The number of amides is 1.